The van der Waals surface area contributed by atoms with Crippen molar-refractivity contribution in [3.05, 3.63) is 35.4 Å². The van der Waals surface area contributed by atoms with Crippen molar-refractivity contribution in [2.75, 3.05) is 13.1 Å². The summed E-state index contributed by atoms with van der Waals surface area (Å²) in [6.07, 6.45) is 0. The molecular weight excluding hydrogens is 290 g/mol. The van der Waals surface area contributed by atoms with E-state index in [1.54, 1.807) is 0 Å². The lowest BCUT2D eigenvalue weighted by Gasteiger charge is -2.19. The average molecular weight is 302 g/mol. The average Bonchev–Trinajstić information content (AvgIpc) is 2.38. The standard InChI is InChI=1S/C12H12F2N2O5/c13-8-2-1-7(3-9(8)14)4-15-12(21)16(5-10(17)18)6-11(19)20/h1-3H,4-6H2,(H,15,21)(H,17,18)(H,19,20). The zero-order valence-electron chi connectivity index (χ0n) is 10.7. The molecule has 0 unspecified atom stereocenters. The van der Waals surface area contributed by atoms with Crippen LogP contribution in [-0.4, -0.2) is 46.2 Å². The van der Waals surface area contributed by atoms with Crippen molar-refractivity contribution in [2.45, 2.75) is 6.54 Å². The number of hydrogen-bond acceptors (Lipinski definition) is 3. The number of nitrogens with one attached hydrogen (secondary N) is 1. The summed E-state index contributed by atoms with van der Waals surface area (Å²) < 4.78 is 25.7. The number of aliphatic carboxylic acids is 2. The first-order valence-corrected chi connectivity index (χ1v) is 5.70. The van der Waals surface area contributed by atoms with Crippen LogP contribution in [0.1, 0.15) is 5.56 Å². The maximum absolute atomic E-state index is 13.0. The molecule has 0 bridgehead atoms. The molecule has 0 saturated heterocycles. The highest BCUT2D eigenvalue weighted by Gasteiger charge is 2.19. The van der Waals surface area contributed by atoms with Gasteiger partial charge < -0.3 is 20.4 Å². The van der Waals surface area contributed by atoms with Crippen LogP contribution in [0.25, 0.3) is 0 Å². The van der Waals surface area contributed by atoms with Gasteiger partial charge in [-0.25, -0.2) is 13.6 Å². The topological polar surface area (TPSA) is 107 Å². The minimum absolute atomic E-state index is 0.203. The maximum atomic E-state index is 13.0. The highest BCUT2D eigenvalue weighted by atomic mass is 19.2. The molecule has 7 nitrogen and oxygen atoms in total. The second-order valence-electron chi connectivity index (χ2n) is 4.05. The second kappa shape index (κ2) is 7.17. The summed E-state index contributed by atoms with van der Waals surface area (Å²) in [5.74, 6) is -4.88. The molecule has 0 heterocycles. The zero-order valence-corrected chi connectivity index (χ0v) is 10.7. The van der Waals surface area contributed by atoms with E-state index < -0.39 is 42.7 Å². The Balaban J connectivity index is 2.65. The first kappa shape index (κ1) is 16.3. The van der Waals surface area contributed by atoms with E-state index in [9.17, 15) is 23.2 Å². The Morgan fingerprint density at radius 3 is 2.10 bits per heavy atom. The van der Waals surface area contributed by atoms with E-state index in [2.05, 4.69) is 5.32 Å². The first-order chi connectivity index (χ1) is 9.79. The number of rotatable bonds is 6. The van der Waals surface area contributed by atoms with Gasteiger partial charge in [0.25, 0.3) is 0 Å². The Kier molecular flexibility index (Phi) is 5.58. The minimum atomic E-state index is -1.38. The maximum Gasteiger partial charge on any atom is 0.323 e. The van der Waals surface area contributed by atoms with Gasteiger partial charge in [0.05, 0.1) is 0 Å². The fourth-order valence-electron chi connectivity index (χ4n) is 1.47. The number of urea groups is 1. The Bertz CT molecular complexity index is 549. The molecule has 0 saturated carbocycles. The van der Waals surface area contributed by atoms with Gasteiger partial charge in [-0.15, -0.1) is 0 Å². The molecule has 1 aromatic rings. The van der Waals surface area contributed by atoms with Crippen LogP contribution in [0.2, 0.25) is 0 Å². The third-order valence-corrected chi connectivity index (χ3v) is 2.37. The van der Waals surface area contributed by atoms with Crippen molar-refractivity contribution in [3.63, 3.8) is 0 Å². The summed E-state index contributed by atoms with van der Waals surface area (Å²) in [5.41, 5.74) is 0.243. The first-order valence-electron chi connectivity index (χ1n) is 5.70. The Morgan fingerprint density at radius 1 is 1.05 bits per heavy atom. The molecule has 2 amide bonds. The normalized spacial score (nSPS) is 10.0. The highest BCUT2D eigenvalue weighted by Crippen LogP contribution is 2.08. The number of carboxylic acids is 2. The molecule has 0 aromatic heterocycles. The molecule has 0 spiro atoms. The molecule has 0 aliphatic rings. The number of carbonyl (C=O) groups is 3. The SMILES string of the molecule is O=C(O)CN(CC(=O)O)C(=O)NCc1ccc(F)c(F)c1. The van der Waals surface area contributed by atoms with E-state index in [-0.39, 0.29) is 12.1 Å². The number of halogens is 2. The lowest BCUT2D eigenvalue weighted by atomic mass is 10.2. The van der Waals surface area contributed by atoms with Gasteiger partial charge >= 0.3 is 18.0 Å². The number of hydrogen-bond donors (Lipinski definition) is 3. The van der Waals surface area contributed by atoms with Crippen LogP contribution in [0, 0.1) is 11.6 Å². The second-order valence-corrected chi connectivity index (χ2v) is 4.05. The van der Waals surface area contributed by atoms with Gasteiger partial charge in [0, 0.05) is 6.54 Å². The highest BCUT2D eigenvalue weighted by molar-refractivity contribution is 5.84. The number of nitrogens with zero attached hydrogens (tertiary/aromatic N) is 1. The molecule has 1 aromatic carbocycles. The predicted octanol–water partition coefficient (Wildman–Crippen LogP) is 0.646. The van der Waals surface area contributed by atoms with E-state index in [1.165, 1.54) is 6.07 Å². The molecule has 1 rings (SSSR count). The molecular formula is C12H12F2N2O5. The van der Waals surface area contributed by atoms with Crippen LogP contribution >= 0.6 is 0 Å². The molecule has 0 atom stereocenters. The molecule has 114 valence electrons. The minimum Gasteiger partial charge on any atom is -0.480 e. The number of carboxylic acid groups (broad SMARTS) is 2. The van der Waals surface area contributed by atoms with Gasteiger partial charge in [-0.05, 0) is 17.7 Å². The van der Waals surface area contributed by atoms with Crippen LogP contribution in [0.15, 0.2) is 18.2 Å². The van der Waals surface area contributed by atoms with Crippen molar-refractivity contribution in [3.8, 4) is 0 Å². The van der Waals surface area contributed by atoms with Crippen LogP contribution in [0.4, 0.5) is 13.6 Å². The molecule has 0 fully saturated rings. The zero-order chi connectivity index (χ0) is 16.0. The van der Waals surface area contributed by atoms with Crippen LogP contribution in [-0.2, 0) is 16.1 Å². The molecule has 9 heteroatoms. The van der Waals surface area contributed by atoms with Crippen LogP contribution in [0.3, 0.4) is 0 Å². The molecule has 21 heavy (non-hydrogen) atoms. The summed E-state index contributed by atoms with van der Waals surface area (Å²) in [4.78, 5) is 33.3. The van der Waals surface area contributed by atoms with Crippen molar-refractivity contribution < 1.29 is 33.4 Å². The molecule has 0 radical (unpaired) electrons. The lowest BCUT2D eigenvalue weighted by molar-refractivity contribution is -0.140. The number of benzene rings is 1. The summed E-state index contributed by atoms with van der Waals surface area (Å²) in [6, 6.07) is 2.04. The molecule has 0 aliphatic heterocycles. The Labute approximate surface area is 117 Å². The van der Waals surface area contributed by atoms with Gasteiger partial charge in [0.1, 0.15) is 13.1 Å². The van der Waals surface area contributed by atoms with Gasteiger partial charge in [-0.2, -0.15) is 0 Å². The van der Waals surface area contributed by atoms with E-state index in [1.807, 2.05) is 0 Å². The quantitative estimate of drug-likeness (QED) is 0.715. The predicted molar refractivity (Wildman–Crippen MR) is 65.4 cm³/mol. The van der Waals surface area contributed by atoms with Gasteiger partial charge in [0.2, 0.25) is 0 Å². The van der Waals surface area contributed by atoms with Gasteiger partial charge in [-0.1, -0.05) is 6.07 Å². The largest absolute Gasteiger partial charge is 0.480 e. The van der Waals surface area contributed by atoms with E-state index >= 15 is 0 Å². The Hall–Kier alpha value is -2.71. The fourth-order valence-corrected chi connectivity index (χ4v) is 1.47. The molecule has 0 aliphatic carbocycles. The van der Waals surface area contributed by atoms with Crippen molar-refractivity contribution >= 4 is 18.0 Å². The number of carbonyl (C=O) groups excluding carboxylic acids is 1. The molecule has 3 N–H and O–H groups in total. The van der Waals surface area contributed by atoms with E-state index in [0.717, 1.165) is 12.1 Å². The lowest BCUT2D eigenvalue weighted by Crippen LogP contribution is -2.45. The fraction of sp³-hybridized carbons (Fsp3) is 0.250. The smallest absolute Gasteiger partial charge is 0.323 e. The van der Waals surface area contributed by atoms with Crippen LogP contribution in [0.5, 0.6) is 0 Å². The summed E-state index contributed by atoms with van der Waals surface area (Å²) >= 11 is 0. The van der Waals surface area contributed by atoms with Gasteiger partial charge in [0.15, 0.2) is 11.6 Å². The van der Waals surface area contributed by atoms with Crippen molar-refractivity contribution in [1.82, 2.24) is 10.2 Å². The summed E-state index contributed by atoms with van der Waals surface area (Å²) in [6.45, 7) is -1.79. The van der Waals surface area contributed by atoms with E-state index in [0.29, 0.717) is 4.90 Å². The third-order valence-electron chi connectivity index (χ3n) is 2.37. The van der Waals surface area contributed by atoms with Gasteiger partial charge in [-0.3, -0.25) is 9.59 Å². The van der Waals surface area contributed by atoms with Crippen LogP contribution < -0.4 is 5.32 Å². The van der Waals surface area contributed by atoms with Crippen molar-refractivity contribution in [1.29, 1.82) is 0 Å². The summed E-state index contributed by atoms with van der Waals surface area (Å²) in [5, 5.41) is 19.4. The monoisotopic (exact) mass is 302 g/mol. The summed E-state index contributed by atoms with van der Waals surface area (Å²) in [7, 11) is 0. The third kappa shape index (κ3) is 5.43. The Morgan fingerprint density at radius 2 is 1.62 bits per heavy atom. The van der Waals surface area contributed by atoms with Crippen molar-refractivity contribution in [2.24, 2.45) is 0 Å². The van der Waals surface area contributed by atoms with E-state index in [4.69, 9.17) is 10.2 Å². The number of amides is 2.